The van der Waals surface area contributed by atoms with Crippen LogP contribution >= 0.6 is 15.9 Å². The van der Waals surface area contributed by atoms with Gasteiger partial charge in [-0.15, -0.1) is 0 Å². The second-order valence-corrected chi connectivity index (χ2v) is 11.3. The summed E-state index contributed by atoms with van der Waals surface area (Å²) in [6.45, 7) is 4.05. The second-order valence-electron chi connectivity index (χ2n) is 8.68. The van der Waals surface area contributed by atoms with Gasteiger partial charge in [0, 0.05) is 21.7 Å². The predicted octanol–water partition coefficient (Wildman–Crippen LogP) is 5.19. The Bertz CT molecular complexity index is 1590. The van der Waals surface area contributed by atoms with Gasteiger partial charge in [-0.2, -0.15) is 4.98 Å². The van der Waals surface area contributed by atoms with Crippen molar-refractivity contribution in [1.29, 1.82) is 0 Å². The van der Waals surface area contributed by atoms with E-state index in [1.807, 2.05) is 56.3 Å². The van der Waals surface area contributed by atoms with E-state index in [0.29, 0.717) is 5.69 Å². The van der Waals surface area contributed by atoms with Crippen LogP contribution in [0.15, 0.2) is 82.2 Å². The number of nitrogens with zero attached hydrogens (tertiary/aromatic N) is 2. The molecule has 0 spiro atoms. The Labute approximate surface area is 223 Å². The third kappa shape index (κ3) is 5.35. The van der Waals surface area contributed by atoms with Gasteiger partial charge in [0.2, 0.25) is 11.8 Å². The lowest BCUT2D eigenvalue weighted by Crippen LogP contribution is -2.30. The van der Waals surface area contributed by atoms with Crippen LogP contribution in [0.25, 0.3) is 11.3 Å². The first-order valence-corrected chi connectivity index (χ1v) is 13.8. The van der Waals surface area contributed by atoms with Gasteiger partial charge in [0.25, 0.3) is 15.9 Å². The molecule has 4 bridgehead atoms. The molecule has 10 heteroatoms. The highest BCUT2D eigenvalue weighted by Gasteiger charge is 2.23. The van der Waals surface area contributed by atoms with Crippen LogP contribution in [-0.4, -0.2) is 30.8 Å². The Kier molecular flexibility index (Phi) is 6.70. The maximum atomic E-state index is 13.2. The molecule has 0 fully saturated rings. The van der Waals surface area contributed by atoms with E-state index >= 15 is 0 Å². The van der Waals surface area contributed by atoms with Crippen molar-refractivity contribution in [3.63, 3.8) is 0 Å². The molecule has 1 aromatic heterocycles. The molecule has 1 aliphatic rings. The molecule has 188 valence electrons. The number of sulfonamides is 1. The van der Waals surface area contributed by atoms with Crippen molar-refractivity contribution in [2.75, 3.05) is 11.3 Å². The van der Waals surface area contributed by atoms with Crippen molar-refractivity contribution in [3.8, 4) is 17.1 Å². The zero-order valence-electron chi connectivity index (χ0n) is 20.0. The van der Waals surface area contributed by atoms with Crippen LogP contribution in [0.5, 0.6) is 5.88 Å². The van der Waals surface area contributed by atoms with Gasteiger partial charge in [0.05, 0.1) is 17.1 Å². The van der Waals surface area contributed by atoms with E-state index < -0.39 is 22.0 Å². The zero-order valence-corrected chi connectivity index (χ0v) is 22.4. The van der Waals surface area contributed by atoms with Crippen molar-refractivity contribution in [2.45, 2.75) is 24.8 Å². The van der Waals surface area contributed by atoms with E-state index in [2.05, 4.69) is 35.9 Å². The molecule has 0 unspecified atom stereocenters. The lowest BCUT2D eigenvalue weighted by atomic mass is 10.00. The normalized spacial score (nSPS) is 16.7. The molecule has 0 saturated heterocycles. The number of nitrogens with one attached hydrogen (secondary N) is 2. The lowest BCUT2D eigenvalue weighted by molar-refractivity contribution is 0.0925. The van der Waals surface area contributed by atoms with Gasteiger partial charge >= 0.3 is 0 Å². The SMILES string of the molecule is Cc1cccc(C)c1-c1cc2nc(n1)NS(=O)(=O)c1cccc(c1)C(=O)NC[C@@H](c1ccc(Br)cc1)O2. The zero-order chi connectivity index (χ0) is 26.2. The Morgan fingerprint density at radius 2 is 1.65 bits per heavy atom. The van der Waals surface area contributed by atoms with Crippen molar-refractivity contribution in [3.05, 3.63) is 99.5 Å². The van der Waals surface area contributed by atoms with Crippen LogP contribution in [0.2, 0.25) is 0 Å². The van der Waals surface area contributed by atoms with Gasteiger partial charge < -0.3 is 10.1 Å². The lowest BCUT2D eigenvalue weighted by Gasteiger charge is -2.21. The van der Waals surface area contributed by atoms with Crippen molar-refractivity contribution >= 4 is 37.8 Å². The minimum atomic E-state index is -4.09. The maximum Gasteiger partial charge on any atom is 0.264 e. The topological polar surface area (TPSA) is 110 Å². The molecule has 0 aliphatic carbocycles. The molecule has 1 amide bonds. The monoisotopic (exact) mass is 578 g/mol. The molecule has 0 radical (unpaired) electrons. The smallest absolute Gasteiger partial charge is 0.264 e. The number of fused-ring (bicyclic) bond motifs is 4. The number of rotatable bonds is 2. The predicted molar refractivity (Wildman–Crippen MR) is 144 cm³/mol. The Balaban J connectivity index is 1.69. The van der Waals surface area contributed by atoms with E-state index in [9.17, 15) is 13.2 Å². The van der Waals surface area contributed by atoms with Gasteiger partial charge in [-0.25, -0.2) is 18.1 Å². The van der Waals surface area contributed by atoms with Crippen LogP contribution in [0.4, 0.5) is 5.95 Å². The summed E-state index contributed by atoms with van der Waals surface area (Å²) in [5, 5.41) is 2.86. The Hall–Kier alpha value is -3.76. The summed E-state index contributed by atoms with van der Waals surface area (Å²) in [5.74, 6) is -0.386. The highest BCUT2D eigenvalue weighted by molar-refractivity contribution is 9.10. The molecule has 4 aromatic rings. The van der Waals surface area contributed by atoms with Crippen molar-refractivity contribution < 1.29 is 17.9 Å². The van der Waals surface area contributed by atoms with Crippen LogP contribution in [0.1, 0.15) is 33.2 Å². The number of aryl methyl sites for hydroxylation is 2. The summed E-state index contributed by atoms with van der Waals surface area (Å²) in [5.41, 5.74) is 4.33. The maximum absolute atomic E-state index is 13.2. The average Bonchev–Trinajstić information content (AvgIpc) is 2.86. The van der Waals surface area contributed by atoms with Gasteiger partial charge in [0.1, 0.15) is 6.10 Å². The van der Waals surface area contributed by atoms with Gasteiger partial charge in [-0.3, -0.25) is 4.79 Å². The molecule has 2 heterocycles. The highest BCUT2D eigenvalue weighted by Crippen LogP contribution is 2.31. The van der Waals surface area contributed by atoms with Crippen LogP contribution in [0.3, 0.4) is 0 Å². The molecule has 3 aromatic carbocycles. The first-order chi connectivity index (χ1) is 17.7. The Morgan fingerprint density at radius 1 is 0.946 bits per heavy atom. The standard InChI is InChI=1S/C27H23BrN4O4S/c1-16-5-3-6-17(2)25(16)22-14-24-31-27(30-22)32-37(34,35)21-8-4-7-19(13-21)26(33)29-15-23(36-24)18-9-11-20(28)12-10-18/h3-14,23H,15H2,1-2H3,(H,29,33)(H,30,31,32)/t23-/m0/s1. The summed E-state index contributed by atoms with van der Waals surface area (Å²) in [7, 11) is -4.09. The minimum absolute atomic E-state index is 0.0765. The summed E-state index contributed by atoms with van der Waals surface area (Å²) < 4.78 is 36.1. The van der Waals surface area contributed by atoms with E-state index in [-0.39, 0.29) is 28.8 Å². The number of benzene rings is 3. The molecule has 5 rings (SSSR count). The van der Waals surface area contributed by atoms with Gasteiger partial charge in [0.15, 0.2) is 0 Å². The third-order valence-electron chi connectivity index (χ3n) is 6.02. The first-order valence-electron chi connectivity index (χ1n) is 11.5. The largest absolute Gasteiger partial charge is 0.467 e. The number of hydrogen-bond acceptors (Lipinski definition) is 6. The third-order valence-corrected chi connectivity index (χ3v) is 7.88. The summed E-state index contributed by atoms with van der Waals surface area (Å²) in [6, 6.07) is 20.9. The number of halogens is 1. The summed E-state index contributed by atoms with van der Waals surface area (Å²) >= 11 is 3.44. The summed E-state index contributed by atoms with van der Waals surface area (Å²) in [6.07, 6.45) is -0.605. The number of ether oxygens (including phenoxy) is 1. The molecular weight excluding hydrogens is 556 g/mol. The number of amides is 1. The molecule has 1 atom stereocenters. The van der Waals surface area contributed by atoms with E-state index in [1.54, 1.807) is 12.1 Å². The quantitative estimate of drug-likeness (QED) is 0.339. The van der Waals surface area contributed by atoms with E-state index in [0.717, 1.165) is 26.7 Å². The number of carbonyl (C=O) groups excluding carboxylic acids is 1. The molecule has 2 N–H and O–H groups in total. The second kappa shape index (κ2) is 9.95. The first kappa shape index (κ1) is 24.9. The highest BCUT2D eigenvalue weighted by atomic mass is 79.9. The van der Waals surface area contributed by atoms with E-state index in [4.69, 9.17) is 4.74 Å². The minimum Gasteiger partial charge on any atom is -0.467 e. The fourth-order valence-electron chi connectivity index (χ4n) is 4.20. The van der Waals surface area contributed by atoms with Crippen LogP contribution in [-0.2, 0) is 10.0 Å². The van der Waals surface area contributed by atoms with Gasteiger partial charge in [-0.1, -0.05) is 52.3 Å². The number of hydrogen-bond donors (Lipinski definition) is 2. The van der Waals surface area contributed by atoms with Crippen LogP contribution in [0, 0.1) is 13.8 Å². The number of carbonyl (C=O) groups is 1. The Morgan fingerprint density at radius 3 is 2.38 bits per heavy atom. The molecule has 0 saturated carbocycles. The average molecular weight is 579 g/mol. The number of anilines is 1. The molecule has 37 heavy (non-hydrogen) atoms. The molecular formula is C27H23BrN4O4S. The molecule has 1 aliphatic heterocycles. The molecule has 8 nitrogen and oxygen atoms in total. The van der Waals surface area contributed by atoms with Crippen molar-refractivity contribution in [1.82, 2.24) is 15.3 Å². The van der Waals surface area contributed by atoms with Gasteiger partial charge in [-0.05, 0) is 60.9 Å². The van der Waals surface area contributed by atoms with E-state index in [1.165, 1.54) is 18.2 Å². The van der Waals surface area contributed by atoms with Crippen LogP contribution < -0.4 is 14.8 Å². The fourth-order valence-corrected chi connectivity index (χ4v) is 5.45. The summed E-state index contributed by atoms with van der Waals surface area (Å²) in [4.78, 5) is 21.8. The number of aromatic nitrogens is 2. The fraction of sp³-hybridized carbons (Fsp3) is 0.148. The van der Waals surface area contributed by atoms with Crippen molar-refractivity contribution in [2.24, 2.45) is 0 Å².